The van der Waals surface area contributed by atoms with Crippen molar-refractivity contribution in [3.05, 3.63) is 0 Å². The van der Waals surface area contributed by atoms with E-state index in [0.717, 1.165) is 19.4 Å². The van der Waals surface area contributed by atoms with E-state index in [1.807, 2.05) is 6.92 Å². The van der Waals surface area contributed by atoms with Crippen molar-refractivity contribution in [3.63, 3.8) is 0 Å². The van der Waals surface area contributed by atoms with Crippen molar-refractivity contribution >= 4 is 10.0 Å². The normalized spacial score (nSPS) is 34.1. The third-order valence-electron chi connectivity index (χ3n) is 3.42. The molecule has 0 bridgehead atoms. The van der Waals surface area contributed by atoms with Gasteiger partial charge in [0.2, 0.25) is 10.0 Å². The van der Waals surface area contributed by atoms with E-state index in [1.165, 1.54) is 12.8 Å². The first kappa shape index (κ1) is 11.4. The largest absolute Gasteiger partial charge is 0.314 e. The molecule has 1 saturated heterocycles. The van der Waals surface area contributed by atoms with Crippen LogP contribution in [0.1, 0.15) is 32.6 Å². The van der Waals surface area contributed by atoms with Crippen LogP contribution < -0.4 is 5.32 Å². The molecule has 0 spiro atoms. The van der Waals surface area contributed by atoms with E-state index >= 15 is 0 Å². The van der Waals surface area contributed by atoms with Gasteiger partial charge in [-0.15, -0.1) is 0 Å². The fourth-order valence-electron chi connectivity index (χ4n) is 2.73. The molecule has 5 heteroatoms. The first-order valence-electron chi connectivity index (χ1n) is 5.83. The van der Waals surface area contributed by atoms with Crippen molar-refractivity contribution in [2.24, 2.45) is 0 Å². The summed E-state index contributed by atoms with van der Waals surface area (Å²) in [5, 5.41) is 3.19. The van der Waals surface area contributed by atoms with E-state index in [-0.39, 0.29) is 17.8 Å². The van der Waals surface area contributed by atoms with Crippen LogP contribution in [0.15, 0.2) is 0 Å². The number of sulfonamides is 1. The maximum Gasteiger partial charge on any atom is 0.215 e. The average molecular weight is 232 g/mol. The van der Waals surface area contributed by atoms with Gasteiger partial charge in [0.15, 0.2) is 0 Å². The van der Waals surface area contributed by atoms with Gasteiger partial charge in [0.1, 0.15) is 0 Å². The summed E-state index contributed by atoms with van der Waals surface area (Å²) in [5.41, 5.74) is 0. The molecule has 0 amide bonds. The molecular weight excluding hydrogens is 212 g/mol. The molecule has 2 rings (SSSR count). The van der Waals surface area contributed by atoms with Gasteiger partial charge in [-0.1, -0.05) is 12.8 Å². The minimum Gasteiger partial charge on any atom is -0.314 e. The summed E-state index contributed by atoms with van der Waals surface area (Å²) in [6.45, 7) is 3.39. The van der Waals surface area contributed by atoms with Crippen LogP contribution in [0.2, 0.25) is 0 Å². The Bertz CT molecular complexity index is 309. The van der Waals surface area contributed by atoms with E-state index in [9.17, 15) is 8.42 Å². The highest BCUT2D eigenvalue weighted by Gasteiger charge is 2.36. The van der Waals surface area contributed by atoms with Crippen LogP contribution >= 0.6 is 0 Å². The third kappa shape index (κ3) is 2.34. The second-order valence-corrected chi connectivity index (χ2v) is 6.63. The molecule has 4 nitrogen and oxygen atoms in total. The number of nitrogens with one attached hydrogen (secondary N) is 1. The van der Waals surface area contributed by atoms with Crippen LogP contribution in [0.4, 0.5) is 0 Å². The second kappa shape index (κ2) is 4.39. The van der Waals surface area contributed by atoms with E-state index in [0.29, 0.717) is 6.54 Å². The minimum absolute atomic E-state index is 0.112. The molecule has 1 atom stereocenters. The Balaban J connectivity index is 2.22. The van der Waals surface area contributed by atoms with Crippen LogP contribution in [0, 0.1) is 0 Å². The maximum absolute atomic E-state index is 12.1. The standard InChI is InChI=1S/C10H20N2O2S/c1-9-8-11-6-7-15(13,14)12(9)10-4-2-3-5-10/h9-11H,2-8H2,1H3. The Morgan fingerprint density at radius 2 is 1.93 bits per heavy atom. The molecule has 1 aliphatic carbocycles. The van der Waals surface area contributed by atoms with Crippen molar-refractivity contribution in [3.8, 4) is 0 Å². The lowest BCUT2D eigenvalue weighted by molar-refractivity contribution is 0.265. The predicted octanol–water partition coefficient (Wildman–Crippen LogP) is 0.552. The van der Waals surface area contributed by atoms with Crippen LogP contribution in [0.5, 0.6) is 0 Å². The zero-order valence-corrected chi connectivity index (χ0v) is 10.1. The van der Waals surface area contributed by atoms with Gasteiger partial charge in [0, 0.05) is 25.2 Å². The SMILES string of the molecule is CC1CNCCS(=O)(=O)N1C1CCCC1. The van der Waals surface area contributed by atoms with Crippen molar-refractivity contribution in [1.82, 2.24) is 9.62 Å². The van der Waals surface area contributed by atoms with Crippen LogP contribution in [0.25, 0.3) is 0 Å². The second-order valence-electron chi connectivity index (χ2n) is 4.64. The molecule has 1 N–H and O–H groups in total. The summed E-state index contributed by atoms with van der Waals surface area (Å²) in [7, 11) is -3.02. The lowest BCUT2D eigenvalue weighted by atomic mass is 10.2. The lowest BCUT2D eigenvalue weighted by Gasteiger charge is -2.31. The van der Waals surface area contributed by atoms with E-state index in [4.69, 9.17) is 0 Å². The summed E-state index contributed by atoms with van der Waals surface area (Å²) in [4.78, 5) is 0. The van der Waals surface area contributed by atoms with Crippen molar-refractivity contribution in [2.75, 3.05) is 18.8 Å². The topological polar surface area (TPSA) is 49.4 Å². The fourth-order valence-corrected chi connectivity index (χ4v) is 4.63. The smallest absolute Gasteiger partial charge is 0.215 e. The molecule has 1 saturated carbocycles. The van der Waals surface area contributed by atoms with Crippen LogP contribution in [-0.2, 0) is 10.0 Å². The van der Waals surface area contributed by atoms with Gasteiger partial charge in [-0.3, -0.25) is 0 Å². The average Bonchev–Trinajstić information content (AvgIpc) is 2.61. The van der Waals surface area contributed by atoms with Gasteiger partial charge < -0.3 is 5.32 Å². The Morgan fingerprint density at radius 1 is 1.27 bits per heavy atom. The third-order valence-corrected chi connectivity index (χ3v) is 5.44. The van der Waals surface area contributed by atoms with Crippen molar-refractivity contribution in [2.45, 2.75) is 44.7 Å². The molecule has 15 heavy (non-hydrogen) atoms. The zero-order chi connectivity index (χ0) is 10.9. The van der Waals surface area contributed by atoms with Gasteiger partial charge in [-0.2, -0.15) is 4.31 Å². The number of hydrogen-bond acceptors (Lipinski definition) is 3. The number of nitrogens with zero attached hydrogens (tertiary/aromatic N) is 1. The van der Waals surface area contributed by atoms with Crippen LogP contribution in [0.3, 0.4) is 0 Å². The Kier molecular flexibility index (Phi) is 3.33. The fraction of sp³-hybridized carbons (Fsp3) is 1.00. The van der Waals surface area contributed by atoms with Crippen LogP contribution in [-0.4, -0.2) is 43.6 Å². The molecule has 0 aromatic rings. The van der Waals surface area contributed by atoms with Gasteiger partial charge in [0.25, 0.3) is 0 Å². The van der Waals surface area contributed by atoms with Gasteiger partial charge in [-0.05, 0) is 19.8 Å². The minimum atomic E-state index is -3.02. The maximum atomic E-state index is 12.1. The highest BCUT2D eigenvalue weighted by atomic mass is 32.2. The molecule has 2 aliphatic rings. The highest BCUT2D eigenvalue weighted by Crippen LogP contribution is 2.28. The Morgan fingerprint density at radius 3 is 2.60 bits per heavy atom. The summed E-state index contributed by atoms with van der Waals surface area (Å²) in [6.07, 6.45) is 4.45. The lowest BCUT2D eigenvalue weighted by Crippen LogP contribution is -2.46. The number of hydrogen-bond donors (Lipinski definition) is 1. The summed E-state index contributed by atoms with van der Waals surface area (Å²) >= 11 is 0. The first-order chi connectivity index (χ1) is 7.11. The highest BCUT2D eigenvalue weighted by molar-refractivity contribution is 7.89. The molecule has 1 heterocycles. The molecule has 2 fully saturated rings. The molecule has 0 aromatic carbocycles. The van der Waals surface area contributed by atoms with Gasteiger partial charge >= 0.3 is 0 Å². The molecular formula is C10H20N2O2S. The van der Waals surface area contributed by atoms with E-state index in [2.05, 4.69) is 5.32 Å². The zero-order valence-electron chi connectivity index (χ0n) is 9.28. The molecule has 88 valence electrons. The quantitative estimate of drug-likeness (QED) is 0.718. The molecule has 1 aliphatic heterocycles. The first-order valence-corrected chi connectivity index (χ1v) is 7.44. The summed E-state index contributed by atoms with van der Waals surface area (Å²) < 4.78 is 25.9. The summed E-state index contributed by atoms with van der Waals surface area (Å²) in [5.74, 6) is 0.258. The van der Waals surface area contributed by atoms with Crippen molar-refractivity contribution in [1.29, 1.82) is 0 Å². The molecule has 0 aromatic heterocycles. The van der Waals surface area contributed by atoms with Gasteiger partial charge in [-0.25, -0.2) is 8.42 Å². The number of rotatable bonds is 1. The molecule has 0 radical (unpaired) electrons. The summed E-state index contributed by atoms with van der Waals surface area (Å²) in [6, 6.07) is 0.380. The van der Waals surface area contributed by atoms with Gasteiger partial charge in [0.05, 0.1) is 5.75 Å². The van der Waals surface area contributed by atoms with E-state index < -0.39 is 10.0 Å². The Hall–Kier alpha value is -0.130. The van der Waals surface area contributed by atoms with E-state index in [1.54, 1.807) is 4.31 Å². The monoisotopic (exact) mass is 232 g/mol. The van der Waals surface area contributed by atoms with Crippen molar-refractivity contribution < 1.29 is 8.42 Å². The Labute approximate surface area is 92.1 Å². The predicted molar refractivity (Wildman–Crippen MR) is 60.2 cm³/mol. The molecule has 1 unspecified atom stereocenters.